The molecule has 0 N–H and O–H groups in total. The van der Waals surface area contributed by atoms with E-state index in [2.05, 4.69) is 69.4 Å². The van der Waals surface area contributed by atoms with Crippen molar-refractivity contribution >= 4 is 17.9 Å². The van der Waals surface area contributed by atoms with Crippen molar-refractivity contribution in [1.29, 1.82) is 0 Å². The van der Waals surface area contributed by atoms with Gasteiger partial charge >= 0.3 is 17.9 Å². The second-order valence-corrected chi connectivity index (χ2v) is 18.2. The molecule has 0 spiro atoms. The van der Waals surface area contributed by atoms with Gasteiger partial charge < -0.3 is 14.2 Å². The number of unbranched alkanes of at least 4 members (excludes halogenated alkanes) is 30. The molecular weight excluding hydrogens is 781 g/mol. The van der Waals surface area contributed by atoms with E-state index in [9.17, 15) is 14.4 Å². The van der Waals surface area contributed by atoms with E-state index in [0.29, 0.717) is 19.3 Å². The van der Waals surface area contributed by atoms with Gasteiger partial charge in [0.2, 0.25) is 0 Å². The summed E-state index contributed by atoms with van der Waals surface area (Å²) in [6, 6.07) is 0. The van der Waals surface area contributed by atoms with Crippen LogP contribution in [0.1, 0.15) is 278 Å². The van der Waals surface area contributed by atoms with Gasteiger partial charge in [-0.25, -0.2) is 0 Å². The van der Waals surface area contributed by atoms with Gasteiger partial charge in [-0.15, -0.1) is 0 Å². The smallest absolute Gasteiger partial charge is 0.306 e. The van der Waals surface area contributed by atoms with Crippen molar-refractivity contribution in [1.82, 2.24) is 0 Å². The summed E-state index contributed by atoms with van der Waals surface area (Å²) in [4.78, 5) is 38.0. The Bertz CT molecular complexity index is 1110. The van der Waals surface area contributed by atoms with Crippen LogP contribution in [0.3, 0.4) is 0 Å². The van der Waals surface area contributed by atoms with Crippen LogP contribution in [-0.2, 0) is 28.6 Å². The predicted octanol–water partition coefficient (Wildman–Crippen LogP) is 17.9. The molecule has 0 aliphatic rings. The maximum Gasteiger partial charge on any atom is 0.306 e. The number of esters is 3. The third-order valence-electron chi connectivity index (χ3n) is 11.8. The zero-order valence-electron chi connectivity index (χ0n) is 41.8. The van der Waals surface area contributed by atoms with E-state index in [-0.39, 0.29) is 31.1 Å². The lowest BCUT2D eigenvalue weighted by molar-refractivity contribution is -0.167. The van der Waals surface area contributed by atoms with Gasteiger partial charge in [-0.3, -0.25) is 14.4 Å². The van der Waals surface area contributed by atoms with Gasteiger partial charge in [0.25, 0.3) is 0 Å². The number of hydrogen-bond acceptors (Lipinski definition) is 6. The summed E-state index contributed by atoms with van der Waals surface area (Å²) in [6.07, 6.45) is 62.4. The first-order chi connectivity index (χ1) is 31.0. The second kappa shape index (κ2) is 52.0. The van der Waals surface area contributed by atoms with Crippen molar-refractivity contribution in [3.8, 4) is 0 Å². The first-order valence-corrected chi connectivity index (χ1v) is 27.1. The third-order valence-corrected chi connectivity index (χ3v) is 11.8. The lowest BCUT2D eigenvalue weighted by atomic mass is 10.0. The van der Waals surface area contributed by atoms with Crippen molar-refractivity contribution in [2.45, 2.75) is 284 Å². The van der Waals surface area contributed by atoms with Gasteiger partial charge in [-0.1, -0.05) is 243 Å². The maximum atomic E-state index is 12.8. The molecule has 0 saturated heterocycles. The Morgan fingerprint density at radius 1 is 0.317 bits per heavy atom. The zero-order valence-corrected chi connectivity index (χ0v) is 41.8. The fourth-order valence-electron chi connectivity index (χ4n) is 7.72. The Morgan fingerprint density at radius 2 is 0.571 bits per heavy atom. The Balaban J connectivity index is 4.37. The lowest BCUT2D eigenvalue weighted by Crippen LogP contribution is -2.30. The normalized spacial score (nSPS) is 12.4. The number of ether oxygens (including phenoxy) is 3. The average Bonchev–Trinajstić information content (AvgIpc) is 3.28. The van der Waals surface area contributed by atoms with Gasteiger partial charge in [0, 0.05) is 19.3 Å². The van der Waals surface area contributed by atoms with Crippen LogP contribution in [0.25, 0.3) is 0 Å². The Labute approximate surface area is 390 Å². The molecule has 0 aromatic heterocycles. The molecule has 6 nitrogen and oxygen atoms in total. The largest absolute Gasteiger partial charge is 0.462 e. The van der Waals surface area contributed by atoms with Gasteiger partial charge in [-0.05, 0) is 64.2 Å². The summed E-state index contributed by atoms with van der Waals surface area (Å²) >= 11 is 0. The minimum Gasteiger partial charge on any atom is -0.462 e. The summed E-state index contributed by atoms with van der Waals surface area (Å²) in [7, 11) is 0. The Hall–Kier alpha value is -2.63. The molecule has 0 radical (unpaired) electrons. The molecule has 0 amide bonds. The first kappa shape index (κ1) is 60.4. The predicted molar refractivity (Wildman–Crippen MR) is 270 cm³/mol. The molecule has 0 heterocycles. The molecule has 0 aliphatic heterocycles. The SMILES string of the molecule is CCCCC/C=C\C/C=C\C/C=C\C/C=C\CCCCCC(=O)OC[C@H](COC(=O)CCCCCCCCCCCCCCCCC)OC(=O)CCCCCCCCCCCCC. The lowest BCUT2D eigenvalue weighted by Gasteiger charge is -2.18. The summed E-state index contributed by atoms with van der Waals surface area (Å²) in [5.74, 6) is -0.901. The molecule has 0 aromatic carbocycles. The van der Waals surface area contributed by atoms with Crippen LogP contribution >= 0.6 is 0 Å². The highest BCUT2D eigenvalue weighted by Crippen LogP contribution is 2.16. The van der Waals surface area contributed by atoms with Gasteiger partial charge in [0.15, 0.2) is 6.10 Å². The van der Waals surface area contributed by atoms with Gasteiger partial charge in [0.1, 0.15) is 13.2 Å². The van der Waals surface area contributed by atoms with E-state index in [1.807, 2.05) is 0 Å². The van der Waals surface area contributed by atoms with E-state index in [1.54, 1.807) is 0 Å². The molecule has 6 heteroatoms. The quantitative estimate of drug-likeness (QED) is 0.0262. The summed E-state index contributed by atoms with van der Waals surface area (Å²) in [6.45, 7) is 6.60. The molecule has 0 unspecified atom stereocenters. The van der Waals surface area contributed by atoms with E-state index in [0.717, 1.165) is 83.5 Å². The molecule has 0 aromatic rings. The van der Waals surface area contributed by atoms with E-state index < -0.39 is 6.10 Å². The minimum absolute atomic E-state index is 0.0794. The number of hydrogen-bond donors (Lipinski definition) is 0. The number of allylic oxidation sites excluding steroid dienone is 8. The average molecular weight is 883 g/mol. The van der Waals surface area contributed by atoms with Crippen LogP contribution < -0.4 is 0 Å². The fourth-order valence-corrected chi connectivity index (χ4v) is 7.72. The van der Waals surface area contributed by atoms with E-state index in [1.165, 1.54) is 154 Å². The topological polar surface area (TPSA) is 78.9 Å². The summed E-state index contributed by atoms with van der Waals surface area (Å²) in [5.41, 5.74) is 0. The van der Waals surface area contributed by atoms with Crippen LogP contribution in [0.5, 0.6) is 0 Å². The Kier molecular flexibility index (Phi) is 49.8. The standard InChI is InChI=1S/C57H102O6/c1-4-7-10-13-16-19-22-24-26-27-28-29-31-33-36-38-41-44-47-50-56(59)62-53-54(63-57(60)51-48-45-42-39-34-21-18-15-12-9-6-3)52-61-55(58)49-46-43-40-37-35-32-30-25-23-20-17-14-11-8-5-2/h16,19,24,26,28-29,33,36,54H,4-15,17-18,20-23,25,27,30-32,34-35,37-53H2,1-3H3/b19-16-,26-24-,29-28-,36-33-/t54-/m0/s1. The molecular formula is C57H102O6. The first-order valence-electron chi connectivity index (χ1n) is 27.1. The molecule has 0 rings (SSSR count). The van der Waals surface area contributed by atoms with Crippen LogP contribution in [-0.4, -0.2) is 37.2 Å². The van der Waals surface area contributed by atoms with Crippen molar-refractivity contribution in [2.75, 3.05) is 13.2 Å². The van der Waals surface area contributed by atoms with Crippen molar-refractivity contribution < 1.29 is 28.6 Å². The second-order valence-electron chi connectivity index (χ2n) is 18.2. The zero-order chi connectivity index (χ0) is 45.8. The third kappa shape index (κ3) is 50.2. The van der Waals surface area contributed by atoms with E-state index in [4.69, 9.17) is 14.2 Å². The number of carbonyl (C=O) groups is 3. The minimum atomic E-state index is -0.781. The van der Waals surface area contributed by atoms with Crippen LogP contribution in [0, 0.1) is 0 Å². The van der Waals surface area contributed by atoms with Crippen molar-refractivity contribution in [3.63, 3.8) is 0 Å². The fraction of sp³-hybridized carbons (Fsp3) is 0.807. The van der Waals surface area contributed by atoms with Crippen LogP contribution in [0.15, 0.2) is 48.6 Å². The van der Waals surface area contributed by atoms with Crippen LogP contribution in [0.2, 0.25) is 0 Å². The van der Waals surface area contributed by atoms with Crippen molar-refractivity contribution in [2.24, 2.45) is 0 Å². The number of carbonyl (C=O) groups excluding carboxylic acids is 3. The molecule has 0 saturated carbocycles. The molecule has 1 atom stereocenters. The summed E-state index contributed by atoms with van der Waals surface area (Å²) < 4.78 is 16.8. The highest BCUT2D eigenvalue weighted by Gasteiger charge is 2.19. The molecule has 63 heavy (non-hydrogen) atoms. The molecule has 0 aliphatic carbocycles. The molecule has 0 bridgehead atoms. The molecule has 366 valence electrons. The maximum absolute atomic E-state index is 12.8. The highest BCUT2D eigenvalue weighted by molar-refractivity contribution is 5.71. The van der Waals surface area contributed by atoms with Gasteiger partial charge in [-0.2, -0.15) is 0 Å². The number of rotatable bonds is 49. The van der Waals surface area contributed by atoms with Crippen LogP contribution in [0.4, 0.5) is 0 Å². The molecule has 0 fully saturated rings. The van der Waals surface area contributed by atoms with Crippen molar-refractivity contribution in [3.05, 3.63) is 48.6 Å². The monoisotopic (exact) mass is 883 g/mol. The van der Waals surface area contributed by atoms with Gasteiger partial charge in [0.05, 0.1) is 0 Å². The highest BCUT2D eigenvalue weighted by atomic mass is 16.6. The summed E-state index contributed by atoms with van der Waals surface area (Å²) in [5, 5.41) is 0. The van der Waals surface area contributed by atoms with E-state index >= 15 is 0 Å². The Morgan fingerprint density at radius 3 is 0.921 bits per heavy atom.